The molecular weight excluding hydrogens is 218 g/mol. The third-order valence-corrected chi connectivity index (χ3v) is 4.89. The fourth-order valence-corrected chi connectivity index (χ4v) is 3.40. The molecule has 0 heterocycles. The van der Waals surface area contributed by atoms with Crippen LogP contribution < -0.4 is 5.73 Å². The van der Waals surface area contributed by atoms with Crippen molar-refractivity contribution in [1.82, 2.24) is 0 Å². The largest absolute Gasteiger partial charge is 0.330 e. The highest BCUT2D eigenvalue weighted by Crippen LogP contribution is 2.45. The molecule has 2 N–H and O–H groups in total. The molecule has 0 saturated heterocycles. The highest BCUT2D eigenvalue weighted by molar-refractivity contribution is 5.34. The second kappa shape index (κ2) is 4.70. The van der Waals surface area contributed by atoms with E-state index in [0.717, 1.165) is 6.54 Å². The Bertz CT molecular complexity index is 399. The molecular formula is C17H27N. The summed E-state index contributed by atoms with van der Waals surface area (Å²) in [6.07, 6.45) is 3.89. The van der Waals surface area contributed by atoms with Gasteiger partial charge < -0.3 is 5.73 Å². The molecule has 18 heavy (non-hydrogen) atoms. The van der Waals surface area contributed by atoms with Crippen molar-refractivity contribution in [3.63, 3.8) is 0 Å². The van der Waals surface area contributed by atoms with Crippen molar-refractivity contribution in [2.45, 2.75) is 57.8 Å². The first-order valence-electron chi connectivity index (χ1n) is 7.21. The summed E-state index contributed by atoms with van der Waals surface area (Å²) >= 11 is 0. The van der Waals surface area contributed by atoms with E-state index in [0.29, 0.717) is 5.92 Å². The van der Waals surface area contributed by atoms with Gasteiger partial charge in [-0.3, -0.25) is 0 Å². The Morgan fingerprint density at radius 2 is 1.83 bits per heavy atom. The average molecular weight is 245 g/mol. The topological polar surface area (TPSA) is 26.0 Å². The van der Waals surface area contributed by atoms with Crippen LogP contribution in [0.25, 0.3) is 0 Å². The van der Waals surface area contributed by atoms with Crippen molar-refractivity contribution in [2.75, 3.05) is 6.54 Å². The van der Waals surface area contributed by atoms with Crippen molar-refractivity contribution in [2.24, 2.45) is 11.7 Å². The third kappa shape index (κ3) is 2.21. The zero-order valence-corrected chi connectivity index (χ0v) is 12.3. The van der Waals surface area contributed by atoms with Crippen LogP contribution in [0, 0.1) is 5.92 Å². The second-order valence-corrected chi connectivity index (χ2v) is 6.98. The molecule has 0 radical (unpaired) electrons. The molecule has 1 aliphatic carbocycles. The van der Waals surface area contributed by atoms with Crippen LogP contribution >= 0.6 is 0 Å². The minimum atomic E-state index is 0.232. The Hall–Kier alpha value is -0.820. The van der Waals surface area contributed by atoms with E-state index < -0.39 is 0 Å². The van der Waals surface area contributed by atoms with Crippen molar-refractivity contribution in [3.05, 3.63) is 35.4 Å². The molecule has 1 heteroatoms. The van der Waals surface area contributed by atoms with E-state index >= 15 is 0 Å². The number of rotatable bonds is 2. The van der Waals surface area contributed by atoms with Crippen LogP contribution in [0.2, 0.25) is 0 Å². The third-order valence-electron chi connectivity index (χ3n) is 4.89. The first kappa shape index (κ1) is 13.6. The summed E-state index contributed by atoms with van der Waals surface area (Å²) in [5.74, 6) is 0.711. The average Bonchev–Trinajstić information content (AvgIpc) is 2.71. The molecule has 100 valence electrons. The molecule has 1 aliphatic rings. The number of hydrogen-bond donors (Lipinski definition) is 1. The van der Waals surface area contributed by atoms with Gasteiger partial charge in [0.05, 0.1) is 0 Å². The number of nitrogens with two attached hydrogens (primary N) is 1. The Kier molecular flexibility index (Phi) is 3.55. The lowest BCUT2D eigenvalue weighted by atomic mass is 9.72. The summed E-state index contributed by atoms with van der Waals surface area (Å²) in [6, 6.07) is 9.21. The summed E-state index contributed by atoms with van der Waals surface area (Å²) < 4.78 is 0. The molecule has 0 bridgehead atoms. The van der Waals surface area contributed by atoms with Gasteiger partial charge in [-0.25, -0.2) is 0 Å². The zero-order valence-electron chi connectivity index (χ0n) is 12.3. The van der Waals surface area contributed by atoms with E-state index in [-0.39, 0.29) is 10.8 Å². The van der Waals surface area contributed by atoms with Crippen LogP contribution in [0.3, 0.4) is 0 Å². The molecule has 0 aromatic heterocycles. The van der Waals surface area contributed by atoms with Crippen molar-refractivity contribution in [1.29, 1.82) is 0 Å². The van der Waals surface area contributed by atoms with Gasteiger partial charge in [-0.05, 0) is 35.3 Å². The van der Waals surface area contributed by atoms with Gasteiger partial charge in [-0.2, -0.15) is 0 Å². The van der Waals surface area contributed by atoms with Crippen molar-refractivity contribution >= 4 is 0 Å². The highest BCUT2D eigenvalue weighted by atomic mass is 14.6. The van der Waals surface area contributed by atoms with Gasteiger partial charge in [-0.1, -0.05) is 58.4 Å². The predicted molar refractivity (Wildman–Crippen MR) is 78.9 cm³/mol. The lowest BCUT2D eigenvalue weighted by Gasteiger charge is -2.33. The lowest BCUT2D eigenvalue weighted by molar-refractivity contribution is 0.346. The van der Waals surface area contributed by atoms with E-state index in [1.807, 2.05) is 0 Å². The summed E-state index contributed by atoms with van der Waals surface area (Å²) in [5.41, 5.74) is 9.43. The van der Waals surface area contributed by atoms with Gasteiger partial charge >= 0.3 is 0 Å². The van der Waals surface area contributed by atoms with Gasteiger partial charge in [-0.15, -0.1) is 0 Å². The van der Waals surface area contributed by atoms with Crippen molar-refractivity contribution < 1.29 is 0 Å². The lowest BCUT2D eigenvalue weighted by Crippen LogP contribution is -2.37. The monoisotopic (exact) mass is 245 g/mol. The number of hydrogen-bond acceptors (Lipinski definition) is 1. The molecule has 2 atom stereocenters. The molecule has 1 fully saturated rings. The van der Waals surface area contributed by atoms with E-state index in [1.54, 1.807) is 0 Å². The maximum Gasteiger partial charge on any atom is 0.0101 e. The van der Waals surface area contributed by atoms with Gasteiger partial charge in [0.25, 0.3) is 0 Å². The number of benzene rings is 1. The molecule has 0 spiro atoms. The van der Waals surface area contributed by atoms with Crippen molar-refractivity contribution in [3.8, 4) is 0 Å². The van der Waals surface area contributed by atoms with E-state index in [4.69, 9.17) is 5.73 Å². The quantitative estimate of drug-likeness (QED) is 0.837. The SMILES string of the molecule is CC1CCCC1(CN)c1ccc(C(C)(C)C)cc1. The van der Waals surface area contributed by atoms with Gasteiger partial charge in [0.2, 0.25) is 0 Å². The minimum Gasteiger partial charge on any atom is -0.330 e. The Balaban J connectivity index is 2.34. The first-order valence-corrected chi connectivity index (χ1v) is 7.21. The molecule has 1 nitrogen and oxygen atoms in total. The molecule has 0 aliphatic heterocycles. The van der Waals surface area contributed by atoms with Crippen LogP contribution in [0.4, 0.5) is 0 Å². The van der Waals surface area contributed by atoms with E-state index in [1.165, 1.54) is 30.4 Å². The Morgan fingerprint density at radius 3 is 2.22 bits per heavy atom. The second-order valence-electron chi connectivity index (χ2n) is 6.98. The smallest absolute Gasteiger partial charge is 0.0101 e. The molecule has 0 amide bonds. The van der Waals surface area contributed by atoms with Crippen LogP contribution in [-0.2, 0) is 10.8 Å². The molecule has 2 rings (SSSR count). The normalized spacial score (nSPS) is 28.6. The van der Waals surface area contributed by atoms with E-state index in [2.05, 4.69) is 52.0 Å². The maximum atomic E-state index is 6.12. The molecule has 2 unspecified atom stereocenters. The molecule has 1 aromatic carbocycles. The minimum absolute atomic E-state index is 0.232. The fourth-order valence-electron chi connectivity index (χ4n) is 3.40. The summed E-state index contributed by atoms with van der Waals surface area (Å²) in [7, 11) is 0. The summed E-state index contributed by atoms with van der Waals surface area (Å²) in [6.45, 7) is 9.93. The van der Waals surface area contributed by atoms with Gasteiger partial charge in [0.15, 0.2) is 0 Å². The standard InChI is InChI=1S/C17H27N/c1-13-6-5-11-17(13,12-18)15-9-7-14(8-10-15)16(2,3)4/h7-10,13H,5-6,11-12,18H2,1-4H3. The summed E-state index contributed by atoms with van der Waals surface area (Å²) in [4.78, 5) is 0. The Labute approximate surface area is 112 Å². The Morgan fingerprint density at radius 1 is 1.22 bits per heavy atom. The van der Waals surface area contributed by atoms with Crippen LogP contribution in [0.15, 0.2) is 24.3 Å². The zero-order chi connectivity index (χ0) is 13.4. The van der Waals surface area contributed by atoms with Gasteiger partial charge in [0.1, 0.15) is 0 Å². The first-order chi connectivity index (χ1) is 8.40. The van der Waals surface area contributed by atoms with Crippen LogP contribution in [0.5, 0.6) is 0 Å². The molecule has 1 aromatic rings. The predicted octanol–water partition coefficient (Wildman–Crippen LogP) is 4.00. The molecule has 1 saturated carbocycles. The maximum absolute atomic E-state index is 6.12. The fraction of sp³-hybridized carbons (Fsp3) is 0.647. The van der Waals surface area contributed by atoms with E-state index in [9.17, 15) is 0 Å². The van der Waals surface area contributed by atoms with Crippen LogP contribution in [0.1, 0.15) is 58.1 Å². The summed E-state index contributed by atoms with van der Waals surface area (Å²) in [5, 5.41) is 0. The van der Waals surface area contributed by atoms with Gasteiger partial charge in [0, 0.05) is 12.0 Å². The van der Waals surface area contributed by atoms with Crippen LogP contribution in [-0.4, -0.2) is 6.54 Å². The highest BCUT2D eigenvalue weighted by Gasteiger charge is 2.40.